The first-order valence-electron chi connectivity index (χ1n) is 6.04. The maximum atomic E-state index is 11.9. The van der Waals surface area contributed by atoms with E-state index >= 15 is 0 Å². The second kappa shape index (κ2) is 6.26. The standard InChI is InChI=1S/C15H14O3P/c1-2-12-8-10-14(11-9-12)19(17)18-15(16)13-6-4-3-5-7-13/h3-11H,2H2,1H3/q+1. The van der Waals surface area contributed by atoms with Crippen LogP contribution in [0.4, 0.5) is 0 Å². The lowest BCUT2D eigenvalue weighted by atomic mass is 10.2. The van der Waals surface area contributed by atoms with Gasteiger partial charge < -0.3 is 0 Å². The molecule has 0 saturated heterocycles. The third-order valence-electron chi connectivity index (χ3n) is 2.73. The highest BCUT2D eigenvalue weighted by Crippen LogP contribution is 2.23. The molecule has 0 aromatic heterocycles. The van der Waals surface area contributed by atoms with E-state index in [4.69, 9.17) is 4.52 Å². The van der Waals surface area contributed by atoms with Gasteiger partial charge in [0.25, 0.3) is 0 Å². The third-order valence-corrected chi connectivity index (χ3v) is 3.78. The average Bonchev–Trinajstić information content (AvgIpc) is 2.48. The molecule has 1 atom stereocenters. The van der Waals surface area contributed by atoms with Crippen molar-refractivity contribution in [3.05, 3.63) is 65.7 Å². The summed E-state index contributed by atoms with van der Waals surface area (Å²) in [4.78, 5) is 11.7. The lowest BCUT2D eigenvalue weighted by Gasteiger charge is -1.95. The van der Waals surface area contributed by atoms with Crippen LogP contribution in [0.5, 0.6) is 0 Å². The van der Waals surface area contributed by atoms with E-state index in [0.29, 0.717) is 10.9 Å². The van der Waals surface area contributed by atoms with E-state index in [9.17, 15) is 9.36 Å². The largest absolute Gasteiger partial charge is 0.600 e. The summed E-state index contributed by atoms with van der Waals surface area (Å²) in [5, 5.41) is 0.525. The van der Waals surface area contributed by atoms with Crippen molar-refractivity contribution in [2.45, 2.75) is 13.3 Å². The molecule has 0 saturated carbocycles. The van der Waals surface area contributed by atoms with Crippen LogP contribution < -0.4 is 5.30 Å². The predicted octanol–water partition coefficient (Wildman–Crippen LogP) is 3.47. The van der Waals surface area contributed by atoms with Gasteiger partial charge in [-0.15, -0.1) is 0 Å². The lowest BCUT2D eigenvalue weighted by Crippen LogP contribution is -2.05. The van der Waals surface area contributed by atoms with Crippen LogP contribution >= 0.6 is 8.03 Å². The van der Waals surface area contributed by atoms with Gasteiger partial charge in [-0.3, -0.25) is 0 Å². The molecule has 1 unspecified atom stereocenters. The maximum absolute atomic E-state index is 11.9. The molecule has 0 bridgehead atoms. The van der Waals surface area contributed by atoms with Crippen molar-refractivity contribution in [2.24, 2.45) is 0 Å². The van der Waals surface area contributed by atoms with Crippen molar-refractivity contribution in [1.29, 1.82) is 0 Å². The summed E-state index contributed by atoms with van der Waals surface area (Å²) in [5.41, 5.74) is 1.55. The molecule has 0 fully saturated rings. The Morgan fingerprint density at radius 3 is 2.26 bits per heavy atom. The maximum Gasteiger partial charge on any atom is 0.600 e. The minimum absolute atomic E-state index is 0.399. The smallest absolute Gasteiger partial charge is 0.241 e. The molecule has 3 nitrogen and oxygen atoms in total. The Morgan fingerprint density at radius 1 is 1.05 bits per heavy atom. The number of hydrogen-bond acceptors (Lipinski definition) is 3. The van der Waals surface area contributed by atoms with Crippen LogP contribution in [-0.4, -0.2) is 5.97 Å². The molecule has 2 aromatic carbocycles. The highest BCUT2D eigenvalue weighted by atomic mass is 31.1. The lowest BCUT2D eigenvalue weighted by molar-refractivity contribution is 0.0752. The van der Waals surface area contributed by atoms with Crippen molar-refractivity contribution < 1.29 is 13.9 Å². The third kappa shape index (κ3) is 3.49. The summed E-state index contributed by atoms with van der Waals surface area (Å²) in [7, 11) is -2.16. The first-order valence-corrected chi connectivity index (χ1v) is 7.22. The Balaban J connectivity index is 2.06. The highest BCUT2D eigenvalue weighted by Gasteiger charge is 2.27. The molecule has 4 heteroatoms. The number of benzene rings is 2. The van der Waals surface area contributed by atoms with E-state index in [-0.39, 0.29) is 0 Å². The van der Waals surface area contributed by atoms with Crippen molar-refractivity contribution in [1.82, 2.24) is 0 Å². The molecule has 0 radical (unpaired) electrons. The number of carbonyl (C=O) groups is 1. The van der Waals surface area contributed by atoms with Gasteiger partial charge in [-0.25, -0.2) is 9.32 Å². The summed E-state index contributed by atoms with van der Waals surface area (Å²) in [5.74, 6) is -0.568. The van der Waals surface area contributed by atoms with Gasteiger partial charge in [0.2, 0.25) is 5.30 Å². The fourth-order valence-electron chi connectivity index (χ4n) is 1.61. The van der Waals surface area contributed by atoms with Crippen LogP contribution in [0.3, 0.4) is 0 Å². The first kappa shape index (κ1) is 13.4. The summed E-state index contributed by atoms with van der Waals surface area (Å²) in [6.45, 7) is 2.05. The number of hydrogen-bond donors (Lipinski definition) is 0. The highest BCUT2D eigenvalue weighted by molar-refractivity contribution is 7.49. The summed E-state index contributed by atoms with van der Waals surface area (Å²) >= 11 is 0. The molecule has 2 aromatic rings. The molecule has 0 heterocycles. The molecule has 0 amide bonds. The zero-order valence-corrected chi connectivity index (χ0v) is 11.5. The molecule has 0 aliphatic carbocycles. The zero-order valence-electron chi connectivity index (χ0n) is 10.6. The molecular formula is C15H14O3P+. The van der Waals surface area contributed by atoms with Gasteiger partial charge in [0.15, 0.2) is 0 Å². The fourth-order valence-corrected chi connectivity index (χ4v) is 2.36. The second-order valence-corrected chi connectivity index (χ2v) is 5.24. The van der Waals surface area contributed by atoms with Gasteiger partial charge in [-0.1, -0.05) is 37.3 Å². The SMILES string of the molecule is CCc1ccc([P+](=O)OC(=O)c2ccccc2)cc1. The van der Waals surface area contributed by atoms with Crippen LogP contribution in [0.15, 0.2) is 54.6 Å². The molecule has 0 aliphatic rings. The molecule has 0 spiro atoms. The number of aryl methyl sites for hydroxylation is 1. The molecule has 96 valence electrons. The van der Waals surface area contributed by atoms with Gasteiger partial charge in [-0.2, -0.15) is 0 Å². The monoisotopic (exact) mass is 273 g/mol. The predicted molar refractivity (Wildman–Crippen MR) is 74.9 cm³/mol. The van der Waals surface area contributed by atoms with Gasteiger partial charge in [-0.05, 0) is 40.8 Å². The minimum atomic E-state index is -2.16. The van der Waals surface area contributed by atoms with Crippen LogP contribution in [0, 0.1) is 0 Å². The van der Waals surface area contributed by atoms with E-state index < -0.39 is 14.0 Å². The van der Waals surface area contributed by atoms with Gasteiger partial charge in [0, 0.05) is 0 Å². The van der Waals surface area contributed by atoms with Crippen molar-refractivity contribution >= 4 is 19.3 Å². The first-order chi connectivity index (χ1) is 9.20. The quantitative estimate of drug-likeness (QED) is 0.801. The van der Waals surface area contributed by atoms with E-state index in [1.807, 2.05) is 19.1 Å². The van der Waals surface area contributed by atoms with Crippen LogP contribution in [0.25, 0.3) is 0 Å². The van der Waals surface area contributed by atoms with Gasteiger partial charge in [0.1, 0.15) is 0 Å². The molecule has 19 heavy (non-hydrogen) atoms. The molecule has 2 rings (SSSR count). The van der Waals surface area contributed by atoms with Crippen molar-refractivity contribution in [3.63, 3.8) is 0 Å². The Hall–Kier alpha value is -1.99. The molecular weight excluding hydrogens is 259 g/mol. The summed E-state index contributed by atoms with van der Waals surface area (Å²) < 4.78 is 16.9. The van der Waals surface area contributed by atoms with E-state index in [2.05, 4.69) is 0 Å². The van der Waals surface area contributed by atoms with E-state index in [1.54, 1.807) is 42.5 Å². The fraction of sp³-hybridized carbons (Fsp3) is 0.133. The van der Waals surface area contributed by atoms with Crippen molar-refractivity contribution in [2.75, 3.05) is 0 Å². The Labute approximate surface area is 113 Å². The van der Waals surface area contributed by atoms with E-state index in [0.717, 1.165) is 12.0 Å². The van der Waals surface area contributed by atoms with Crippen LogP contribution in [-0.2, 0) is 15.5 Å². The Bertz CT molecular complexity index is 576. The van der Waals surface area contributed by atoms with Crippen molar-refractivity contribution in [3.8, 4) is 0 Å². The van der Waals surface area contributed by atoms with Crippen LogP contribution in [0.1, 0.15) is 22.8 Å². The average molecular weight is 273 g/mol. The normalized spacial score (nSPS) is 10.9. The van der Waals surface area contributed by atoms with Gasteiger partial charge in [0.05, 0.1) is 5.56 Å². The summed E-state index contributed by atoms with van der Waals surface area (Å²) in [6, 6.07) is 15.8. The van der Waals surface area contributed by atoms with E-state index in [1.165, 1.54) is 0 Å². The zero-order chi connectivity index (χ0) is 13.7. The Morgan fingerprint density at radius 2 is 1.68 bits per heavy atom. The number of rotatable bonds is 4. The minimum Gasteiger partial charge on any atom is -0.241 e. The molecule has 0 N–H and O–H groups in total. The van der Waals surface area contributed by atoms with Gasteiger partial charge >= 0.3 is 14.0 Å². The summed E-state index contributed by atoms with van der Waals surface area (Å²) in [6.07, 6.45) is 0.918. The topological polar surface area (TPSA) is 43.4 Å². The number of carbonyl (C=O) groups excluding carboxylic acids is 1. The van der Waals surface area contributed by atoms with Crippen LogP contribution in [0.2, 0.25) is 0 Å². The second-order valence-electron chi connectivity index (χ2n) is 4.02. The Kier molecular flexibility index (Phi) is 4.43. The molecule has 0 aliphatic heterocycles.